The third-order valence-corrected chi connectivity index (χ3v) is 1.19. The fraction of sp³-hybridized carbons (Fsp3) is 0.800. The maximum Gasteiger partial charge on any atom is 0.194 e. The molecule has 0 aromatic carbocycles. The Balaban J connectivity index is 0.000000490. The molecule has 0 unspecified atom stereocenters. The Kier molecular flexibility index (Phi) is 3.83. The first-order valence-electron chi connectivity index (χ1n) is 2.80. The van der Waals surface area contributed by atoms with E-state index in [0.717, 1.165) is 13.0 Å². The molecular formula is C5H11ClN2. The van der Waals surface area contributed by atoms with E-state index >= 15 is 0 Å². The van der Waals surface area contributed by atoms with Crippen molar-refractivity contribution in [2.75, 3.05) is 13.1 Å². The molecule has 1 aliphatic rings. The first-order chi connectivity index (χ1) is 3.43. The number of aliphatic imine (C=N–C) groups is 1. The van der Waals surface area contributed by atoms with Crippen molar-refractivity contribution in [3.8, 4) is 0 Å². The van der Waals surface area contributed by atoms with Crippen molar-refractivity contribution in [1.29, 1.82) is 0 Å². The van der Waals surface area contributed by atoms with Gasteiger partial charge in [0.25, 0.3) is 0 Å². The molecule has 1 aliphatic heterocycles. The van der Waals surface area contributed by atoms with Gasteiger partial charge in [-0.25, -0.2) is 4.99 Å². The molecule has 2 nitrogen and oxygen atoms in total. The van der Waals surface area contributed by atoms with Gasteiger partial charge in [-0.05, 0) is 0 Å². The van der Waals surface area contributed by atoms with Crippen LogP contribution in [0.5, 0.6) is 0 Å². The smallest absolute Gasteiger partial charge is 0.194 e. The fourth-order valence-corrected chi connectivity index (χ4v) is 0.760. The van der Waals surface area contributed by atoms with Gasteiger partial charge >= 0.3 is 0 Å². The van der Waals surface area contributed by atoms with Gasteiger partial charge in [-0.1, -0.05) is 6.92 Å². The maximum atomic E-state index is 4.22. The molecule has 8 heavy (non-hydrogen) atoms. The summed E-state index contributed by atoms with van der Waals surface area (Å²) in [5.74, 6) is 1.29. The minimum Gasteiger partial charge on any atom is -1.00 e. The maximum absolute atomic E-state index is 4.22. The van der Waals surface area contributed by atoms with Gasteiger partial charge < -0.3 is 12.4 Å². The van der Waals surface area contributed by atoms with Crippen molar-refractivity contribution in [3.05, 3.63) is 0 Å². The number of halogens is 1. The largest absolute Gasteiger partial charge is 1.00 e. The van der Waals surface area contributed by atoms with Crippen LogP contribution in [0.4, 0.5) is 0 Å². The van der Waals surface area contributed by atoms with Crippen LogP contribution in [-0.2, 0) is 0 Å². The molecule has 3 heteroatoms. The summed E-state index contributed by atoms with van der Waals surface area (Å²) in [6.45, 7) is 4.34. The summed E-state index contributed by atoms with van der Waals surface area (Å²) in [6.07, 6.45) is 1.11. The zero-order chi connectivity index (χ0) is 5.11. The number of hydrogen-bond acceptors (Lipinski definition) is 1. The highest BCUT2D eigenvalue weighted by molar-refractivity contribution is 5.72. The lowest BCUT2D eigenvalue weighted by Gasteiger charge is -1.84. The van der Waals surface area contributed by atoms with E-state index in [4.69, 9.17) is 0 Å². The standard InChI is InChI=1S/C5H10N2.ClH/c1-2-5-6-3-4-7-5;/h2-4H2,1H3,(H,6,7);1H. The predicted octanol–water partition coefficient (Wildman–Crippen LogP) is -3.62. The zero-order valence-electron chi connectivity index (χ0n) is 5.02. The van der Waals surface area contributed by atoms with E-state index in [9.17, 15) is 0 Å². The van der Waals surface area contributed by atoms with E-state index in [0.29, 0.717) is 0 Å². The van der Waals surface area contributed by atoms with E-state index in [1.807, 2.05) is 0 Å². The van der Waals surface area contributed by atoms with Crippen LogP contribution in [0, 0.1) is 0 Å². The quantitative estimate of drug-likeness (QED) is 0.384. The molecule has 1 heterocycles. The van der Waals surface area contributed by atoms with Crippen LogP contribution in [0.2, 0.25) is 0 Å². The lowest BCUT2D eigenvalue weighted by atomic mass is 10.4. The van der Waals surface area contributed by atoms with Gasteiger partial charge in [-0.2, -0.15) is 0 Å². The monoisotopic (exact) mass is 134 g/mol. The number of hydrogen-bond donors (Lipinski definition) is 1. The summed E-state index contributed by atoms with van der Waals surface area (Å²) >= 11 is 0. The average Bonchev–Trinajstić information content (AvgIpc) is 2.14. The molecule has 0 bridgehead atoms. The molecule has 1 rings (SSSR count). The summed E-state index contributed by atoms with van der Waals surface area (Å²) in [4.78, 5) is 4.22. The molecule has 2 N–H and O–H groups in total. The molecule has 0 aromatic rings. The molecule has 0 aliphatic carbocycles. The molecule has 0 atom stereocenters. The first kappa shape index (κ1) is 7.92. The third kappa shape index (κ3) is 1.80. The highest BCUT2D eigenvalue weighted by atomic mass is 35.5. The van der Waals surface area contributed by atoms with Crippen molar-refractivity contribution in [2.45, 2.75) is 13.3 Å². The van der Waals surface area contributed by atoms with E-state index in [-0.39, 0.29) is 12.4 Å². The Bertz CT molecular complexity index is 90.4. The summed E-state index contributed by atoms with van der Waals surface area (Å²) in [5, 5.41) is 2.21. The number of quaternary nitrogens is 1. The second-order valence-corrected chi connectivity index (χ2v) is 1.72. The van der Waals surface area contributed by atoms with Crippen LogP contribution in [0.1, 0.15) is 13.3 Å². The summed E-state index contributed by atoms with van der Waals surface area (Å²) in [7, 11) is 0. The Morgan fingerprint density at radius 3 is 2.75 bits per heavy atom. The van der Waals surface area contributed by atoms with Crippen LogP contribution >= 0.6 is 0 Å². The highest BCUT2D eigenvalue weighted by Gasteiger charge is 2.04. The Morgan fingerprint density at radius 1 is 1.75 bits per heavy atom. The predicted molar refractivity (Wildman–Crippen MR) is 29.4 cm³/mol. The minimum atomic E-state index is 0. The number of nitrogens with zero attached hydrogens (tertiary/aromatic N) is 1. The van der Waals surface area contributed by atoms with E-state index in [2.05, 4.69) is 17.2 Å². The summed E-state index contributed by atoms with van der Waals surface area (Å²) < 4.78 is 0. The summed E-state index contributed by atoms with van der Waals surface area (Å²) in [5.41, 5.74) is 0. The molecule has 0 fully saturated rings. The fourth-order valence-electron chi connectivity index (χ4n) is 0.760. The van der Waals surface area contributed by atoms with Crippen molar-refractivity contribution >= 4 is 5.84 Å². The molecule has 48 valence electrons. The third-order valence-electron chi connectivity index (χ3n) is 1.19. The molecule has 0 saturated heterocycles. The minimum absolute atomic E-state index is 0. The van der Waals surface area contributed by atoms with Crippen LogP contribution in [0.3, 0.4) is 0 Å². The molecule has 0 saturated carbocycles. The summed E-state index contributed by atoms with van der Waals surface area (Å²) in [6, 6.07) is 0. The molecule has 0 aromatic heterocycles. The van der Waals surface area contributed by atoms with E-state index in [1.54, 1.807) is 0 Å². The van der Waals surface area contributed by atoms with Gasteiger partial charge in [0.2, 0.25) is 0 Å². The lowest BCUT2D eigenvalue weighted by molar-refractivity contribution is -0.529. The van der Waals surface area contributed by atoms with Gasteiger partial charge in [-0.3, -0.25) is 5.32 Å². The van der Waals surface area contributed by atoms with Gasteiger partial charge in [-0.15, -0.1) is 0 Å². The number of nitrogens with two attached hydrogens (primary N) is 1. The lowest BCUT2D eigenvalue weighted by Crippen LogP contribution is -3.00. The molecule has 0 amide bonds. The van der Waals surface area contributed by atoms with Crippen LogP contribution in [0.15, 0.2) is 4.99 Å². The van der Waals surface area contributed by atoms with Crippen molar-refractivity contribution < 1.29 is 17.7 Å². The normalized spacial score (nSPS) is 17.4. The van der Waals surface area contributed by atoms with Crippen molar-refractivity contribution in [3.63, 3.8) is 0 Å². The number of rotatable bonds is 1. The van der Waals surface area contributed by atoms with Crippen LogP contribution in [-0.4, -0.2) is 18.9 Å². The SMILES string of the molecule is CCC1=NCC[NH2+]1.[Cl-]. The molecule has 0 spiro atoms. The van der Waals surface area contributed by atoms with E-state index in [1.165, 1.54) is 12.4 Å². The Morgan fingerprint density at radius 2 is 2.50 bits per heavy atom. The Labute approximate surface area is 55.8 Å². The second kappa shape index (κ2) is 3.87. The van der Waals surface area contributed by atoms with Gasteiger partial charge in [0.15, 0.2) is 5.84 Å². The van der Waals surface area contributed by atoms with Crippen LogP contribution < -0.4 is 17.7 Å². The van der Waals surface area contributed by atoms with Crippen molar-refractivity contribution in [1.82, 2.24) is 0 Å². The highest BCUT2D eigenvalue weighted by Crippen LogP contribution is 1.78. The van der Waals surface area contributed by atoms with Crippen LogP contribution in [0.25, 0.3) is 0 Å². The first-order valence-corrected chi connectivity index (χ1v) is 2.80. The van der Waals surface area contributed by atoms with Gasteiger partial charge in [0, 0.05) is 6.42 Å². The van der Waals surface area contributed by atoms with Crippen molar-refractivity contribution in [2.24, 2.45) is 4.99 Å². The molecule has 0 radical (unpaired) electrons. The van der Waals surface area contributed by atoms with Gasteiger partial charge in [0.05, 0.1) is 6.54 Å². The molecular weight excluding hydrogens is 124 g/mol. The average molecular weight is 135 g/mol. The topological polar surface area (TPSA) is 29.0 Å². The number of amidine groups is 1. The second-order valence-electron chi connectivity index (χ2n) is 1.72. The van der Waals surface area contributed by atoms with E-state index < -0.39 is 0 Å². The van der Waals surface area contributed by atoms with Gasteiger partial charge in [0.1, 0.15) is 6.54 Å². The Hall–Kier alpha value is -0.0800. The zero-order valence-corrected chi connectivity index (χ0v) is 5.78.